The molecule has 0 bridgehead atoms. The van der Waals surface area contributed by atoms with Crippen molar-refractivity contribution < 1.29 is 9.21 Å². The molecule has 0 spiro atoms. The second-order valence-corrected chi connectivity index (χ2v) is 7.44. The Morgan fingerprint density at radius 3 is 2.12 bits per heavy atom. The lowest BCUT2D eigenvalue weighted by Gasteiger charge is -2.02. The Morgan fingerprint density at radius 2 is 1.60 bits per heavy atom. The first kappa shape index (κ1) is 18.1. The standard InChI is InChI=1S/C19H15Cl2NO2S/c1-2-16(11-23)25-19-22-17(12-3-7-14(20)8-4-12)18(24-19)13-5-9-15(21)10-6-13/h3-11,16H,2H2,1H3. The number of rotatable bonds is 6. The number of thioether (sulfide) groups is 1. The summed E-state index contributed by atoms with van der Waals surface area (Å²) in [4.78, 5) is 15.7. The minimum Gasteiger partial charge on any atom is -0.431 e. The predicted molar refractivity (Wildman–Crippen MR) is 103 cm³/mol. The molecule has 3 rings (SSSR count). The van der Waals surface area contributed by atoms with E-state index in [0.29, 0.717) is 33.1 Å². The zero-order valence-electron chi connectivity index (χ0n) is 13.4. The van der Waals surface area contributed by atoms with Crippen LogP contribution in [0.3, 0.4) is 0 Å². The number of aromatic nitrogens is 1. The predicted octanol–water partition coefficient (Wildman–Crippen LogP) is 6.39. The quantitative estimate of drug-likeness (QED) is 0.360. The number of benzene rings is 2. The Kier molecular flexibility index (Phi) is 5.84. The summed E-state index contributed by atoms with van der Waals surface area (Å²) < 4.78 is 5.98. The molecular weight excluding hydrogens is 377 g/mol. The highest BCUT2D eigenvalue weighted by atomic mass is 35.5. The van der Waals surface area contributed by atoms with E-state index >= 15 is 0 Å². The Hall–Kier alpha value is -1.75. The van der Waals surface area contributed by atoms with Crippen molar-refractivity contribution in [2.45, 2.75) is 23.8 Å². The number of carbonyl (C=O) groups excluding carboxylic acids is 1. The van der Waals surface area contributed by atoms with E-state index < -0.39 is 0 Å². The van der Waals surface area contributed by atoms with Crippen LogP contribution in [0.5, 0.6) is 0 Å². The lowest BCUT2D eigenvalue weighted by molar-refractivity contribution is -0.107. The minimum absolute atomic E-state index is 0.185. The zero-order chi connectivity index (χ0) is 17.8. The number of hydrogen-bond donors (Lipinski definition) is 0. The first-order valence-electron chi connectivity index (χ1n) is 7.75. The molecule has 0 saturated heterocycles. The van der Waals surface area contributed by atoms with E-state index in [1.165, 1.54) is 11.8 Å². The monoisotopic (exact) mass is 391 g/mol. The van der Waals surface area contributed by atoms with E-state index in [4.69, 9.17) is 27.6 Å². The number of aldehydes is 1. The number of halogens is 2. The molecule has 0 amide bonds. The third-order valence-electron chi connectivity index (χ3n) is 3.64. The van der Waals surface area contributed by atoms with Crippen LogP contribution in [0.1, 0.15) is 13.3 Å². The molecule has 6 heteroatoms. The van der Waals surface area contributed by atoms with Gasteiger partial charge in [-0.3, -0.25) is 0 Å². The molecule has 2 aromatic carbocycles. The lowest BCUT2D eigenvalue weighted by atomic mass is 10.1. The molecule has 0 aliphatic rings. The highest BCUT2D eigenvalue weighted by molar-refractivity contribution is 8.00. The average molecular weight is 392 g/mol. The molecule has 25 heavy (non-hydrogen) atoms. The Bertz CT molecular complexity index is 797. The van der Waals surface area contributed by atoms with Crippen molar-refractivity contribution in [2.75, 3.05) is 0 Å². The summed E-state index contributed by atoms with van der Waals surface area (Å²) >= 11 is 13.3. The maximum Gasteiger partial charge on any atom is 0.257 e. The van der Waals surface area contributed by atoms with Crippen LogP contribution in [-0.2, 0) is 4.79 Å². The summed E-state index contributed by atoms with van der Waals surface area (Å²) in [7, 11) is 0. The van der Waals surface area contributed by atoms with Crippen LogP contribution in [0.25, 0.3) is 22.6 Å². The molecular formula is C19H15Cl2NO2S. The number of oxazole rings is 1. The van der Waals surface area contributed by atoms with Gasteiger partial charge < -0.3 is 9.21 Å². The Balaban J connectivity index is 2.07. The second-order valence-electron chi connectivity index (χ2n) is 5.37. The highest BCUT2D eigenvalue weighted by Crippen LogP contribution is 2.37. The molecule has 1 heterocycles. The largest absolute Gasteiger partial charge is 0.431 e. The Labute approximate surface area is 160 Å². The lowest BCUT2D eigenvalue weighted by Crippen LogP contribution is -2.00. The van der Waals surface area contributed by atoms with Crippen LogP contribution >= 0.6 is 35.0 Å². The normalized spacial score (nSPS) is 12.1. The SMILES string of the molecule is CCC(C=O)Sc1nc(-c2ccc(Cl)cc2)c(-c2ccc(Cl)cc2)o1. The summed E-state index contributed by atoms with van der Waals surface area (Å²) in [5, 5.41) is 1.59. The van der Waals surface area contributed by atoms with Crippen LogP contribution in [0.15, 0.2) is 58.2 Å². The maximum atomic E-state index is 11.1. The summed E-state index contributed by atoms with van der Waals surface area (Å²) in [6.45, 7) is 1.95. The number of nitrogens with zero attached hydrogens (tertiary/aromatic N) is 1. The summed E-state index contributed by atoms with van der Waals surface area (Å²) in [6.07, 6.45) is 1.63. The van der Waals surface area contributed by atoms with E-state index in [1.807, 2.05) is 43.3 Å². The van der Waals surface area contributed by atoms with Gasteiger partial charge in [-0.1, -0.05) is 54.0 Å². The van der Waals surface area contributed by atoms with Crippen molar-refractivity contribution in [3.63, 3.8) is 0 Å². The van der Waals surface area contributed by atoms with E-state index in [9.17, 15) is 4.79 Å². The van der Waals surface area contributed by atoms with Crippen molar-refractivity contribution in [2.24, 2.45) is 0 Å². The van der Waals surface area contributed by atoms with Gasteiger partial charge in [-0.15, -0.1) is 0 Å². The van der Waals surface area contributed by atoms with Gasteiger partial charge in [0.15, 0.2) is 5.76 Å². The van der Waals surface area contributed by atoms with E-state index in [0.717, 1.165) is 17.4 Å². The fourth-order valence-electron chi connectivity index (χ4n) is 2.29. The van der Waals surface area contributed by atoms with E-state index in [-0.39, 0.29) is 5.25 Å². The molecule has 1 aromatic heterocycles. The van der Waals surface area contributed by atoms with Crippen molar-refractivity contribution in [3.05, 3.63) is 58.6 Å². The molecule has 3 nitrogen and oxygen atoms in total. The van der Waals surface area contributed by atoms with Crippen LogP contribution in [0.2, 0.25) is 10.0 Å². The van der Waals surface area contributed by atoms with Gasteiger partial charge in [-0.05, 0) is 42.8 Å². The zero-order valence-corrected chi connectivity index (χ0v) is 15.7. The molecule has 0 fully saturated rings. The molecule has 1 atom stereocenters. The van der Waals surface area contributed by atoms with E-state index in [1.54, 1.807) is 12.1 Å². The number of carbonyl (C=O) groups is 1. The van der Waals surface area contributed by atoms with Gasteiger partial charge >= 0.3 is 0 Å². The van der Waals surface area contributed by atoms with Crippen LogP contribution < -0.4 is 0 Å². The van der Waals surface area contributed by atoms with Gasteiger partial charge in [0.05, 0.1) is 5.25 Å². The van der Waals surface area contributed by atoms with Crippen molar-refractivity contribution in [1.82, 2.24) is 4.98 Å². The van der Waals surface area contributed by atoms with Crippen molar-refractivity contribution >= 4 is 41.2 Å². The maximum absolute atomic E-state index is 11.1. The van der Waals surface area contributed by atoms with Crippen LogP contribution in [0.4, 0.5) is 0 Å². The second kappa shape index (κ2) is 8.09. The van der Waals surface area contributed by atoms with Gasteiger partial charge in [0, 0.05) is 21.2 Å². The third-order valence-corrected chi connectivity index (χ3v) is 5.27. The molecule has 0 N–H and O–H groups in total. The molecule has 128 valence electrons. The van der Waals surface area contributed by atoms with Gasteiger partial charge in [0.25, 0.3) is 5.22 Å². The molecule has 1 unspecified atom stereocenters. The van der Waals surface area contributed by atoms with Gasteiger partial charge in [-0.25, -0.2) is 4.98 Å². The smallest absolute Gasteiger partial charge is 0.257 e. The fraction of sp³-hybridized carbons (Fsp3) is 0.158. The highest BCUT2D eigenvalue weighted by Gasteiger charge is 2.19. The van der Waals surface area contributed by atoms with Crippen molar-refractivity contribution in [1.29, 1.82) is 0 Å². The Morgan fingerprint density at radius 1 is 1.04 bits per heavy atom. The van der Waals surface area contributed by atoms with Gasteiger partial charge in [0.1, 0.15) is 12.0 Å². The fourth-order valence-corrected chi connectivity index (χ4v) is 3.30. The minimum atomic E-state index is -0.185. The van der Waals surface area contributed by atoms with Gasteiger partial charge in [0.2, 0.25) is 0 Å². The molecule has 0 aliphatic carbocycles. The summed E-state index contributed by atoms with van der Waals surface area (Å²) in [5.74, 6) is 0.641. The van der Waals surface area contributed by atoms with Gasteiger partial charge in [-0.2, -0.15) is 0 Å². The summed E-state index contributed by atoms with van der Waals surface area (Å²) in [5.41, 5.74) is 2.47. The number of hydrogen-bond acceptors (Lipinski definition) is 4. The van der Waals surface area contributed by atoms with Crippen molar-refractivity contribution in [3.8, 4) is 22.6 Å². The molecule has 0 radical (unpaired) electrons. The third kappa shape index (κ3) is 4.27. The first-order chi connectivity index (χ1) is 12.1. The summed E-state index contributed by atoms with van der Waals surface area (Å²) in [6, 6.07) is 14.8. The topological polar surface area (TPSA) is 43.1 Å². The average Bonchev–Trinajstić information content (AvgIpc) is 3.04. The molecule has 3 aromatic rings. The molecule has 0 aliphatic heterocycles. The van der Waals surface area contributed by atoms with E-state index in [2.05, 4.69) is 4.98 Å². The first-order valence-corrected chi connectivity index (χ1v) is 9.39. The van der Waals surface area contributed by atoms with Crippen LogP contribution in [0, 0.1) is 0 Å². The van der Waals surface area contributed by atoms with Crippen LogP contribution in [-0.4, -0.2) is 16.5 Å². The molecule has 0 saturated carbocycles.